The van der Waals surface area contributed by atoms with E-state index < -0.39 is 11.6 Å². The highest BCUT2D eigenvalue weighted by Gasteiger charge is 2.13. The van der Waals surface area contributed by atoms with Crippen molar-refractivity contribution in [3.8, 4) is 6.07 Å². The summed E-state index contributed by atoms with van der Waals surface area (Å²) < 4.78 is 27.3. The molecule has 2 rings (SSSR count). The van der Waals surface area contributed by atoms with Gasteiger partial charge in [0.25, 0.3) is 0 Å². The summed E-state index contributed by atoms with van der Waals surface area (Å²) in [5.74, 6) is -1.49. The minimum absolute atomic E-state index is 0.0543. The molecule has 0 aliphatic carbocycles. The topological polar surface area (TPSA) is 91.7 Å². The molecule has 6 nitrogen and oxygen atoms in total. The van der Waals surface area contributed by atoms with Gasteiger partial charge in [0.2, 0.25) is 11.9 Å². The summed E-state index contributed by atoms with van der Waals surface area (Å²) >= 11 is 0. The Morgan fingerprint density at radius 2 is 1.86 bits per heavy atom. The maximum Gasteiger partial charge on any atom is 0.230 e. The minimum atomic E-state index is -0.789. The Balaban J connectivity index is 2.58. The molecular weight excluding hydrogens is 290 g/mol. The molecule has 2 N–H and O–H groups in total. The lowest BCUT2D eigenvalue weighted by molar-refractivity contribution is 0.579. The van der Waals surface area contributed by atoms with Crippen LogP contribution in [0.15, 0.2) is 18.2 Å². The van der Waals surface area contributed by atoms with Crippen LogP contribution in [0.4, 0.5) is 20.7 Å². The van der Waals surface area contributed by atoms with Gasteiger partial charge in [-0.1, -0.05) is 6.07 Å². The van der Waals surface area contributed by atoms with E-state index in [1.807, 2.05) is 6.07 Å². The molecule has 2 aromatic rings. The van der Waals surface area contributed by atoms with Crippen molar-refractivity contribution in [1.82, 2.24) is 15.0 Å². The Bertz CT molecular complexity index is 759. The SMILES string of the molecule is CN(C)c1nc(N)nc(/C(C#N)=C/c2c(F)cccc2F)n1. The van der Waals surface area contributed by atoms with Crippen molar-refractivity contribution in [1.29, 1.82) is 5.26 Å². The van der Waals surface area contributed by atoms with Gasteiger partial charge in [0, 0.05) is 19.7 Å². The lowest BCUT2D eigenvalue weighted by atomic mass is 10.1. The highest BCUT2D eigenvalue weighted by molar-refractivity contribution is 5.87. The van der Waals surface area contributed by atoms with Gasteiger partial charge in [-0.25, -0.2) is 8.78 Å². The van der Waals surface area contributed by atoms with Gasteiger partial charge in [0.15, 0.2) is 5.82 Å². The third-order valence-electron chi connectivity index (χ3n) is 2.69. The maximum absolute atomic E-state index is 13.7. The van der Waals surface area contributed by atoms with E-state index >= 15 is 0 Å². The number of halogens is 2. The first-order chi connectivity index (χ1) is 10.4. The van der Waals surface area contributed by atoms with Crippen molar-refractivity contribution < 1.29 is 8.78 Å². The molecule has 0 saturated heterocycles. The predicted octanol–water partition coefficient (Wildman–Crippen LogP) is 1.86. The maximum atomic E-state index is 13.7. The van der Waals surface area contributed by atoms with Crippen LogP contribution in [0.5, 0.6) is 0 Å². The number of nitriles is 1. The van der Waals surface area contributed by atoms with Crippen LogP contribution in [0.1, 0.15) is 11.4 Å². The molecule has 0 saturated carbocycles. The number of hydrogen-bond donors (Lipinski definition) is 1. The Kier molecular flexibility index (Phi) is 4.27. The van der Waals surface area contributed by atoms with E-state index in [4.69, 9.17) is 5.73 Å². The van der Waals surface area contributed by atoms with Crippen LogP contribution in [0.25, 0.3) is 11.6 Å². The van der Waals surface area contributed by atoms with Crippen LogP contribution in [0, 0.1) is 23.0 Å². The smallest absolute Gasteiger partial charge is 0.230 e. The number of nitrogens with two attached hydrogens (primary N) is 1. The van der Waals surface area contributed by atoms with Crippen molar-refractivity contribution in [2.24, 2.45) is 0 Å². The van der Waals surface area contributed by atoms with Crippen LogP contribution in [-0.2, 0) is 0 Å². The number of rotatable bonds is 3. The lowest BCUT2D eigenvalue weighted by Gasteiger charge is -2.11. The van der Waals surface area contributed by atoms with E-state index in [0.29, 0.717) is 0 Å². The molecule has 0 atom stereocenters. The van der Waals surface area contributed by atoms with E-state index in [9.17, 15) is 14.0 Å². The third-order valence-corrected chi connectivity index (χ3v) is 2.69. The first-order valence-electron chi connectivity index (χ1n) is 6.17. The summed E-state index contributed by atoms with van der Waals surface area (Å²) in [6.07, 6.45) is 1.04. The van der Waals surface area contributed by atoms with Gasteiger partial charge in [0.05, 0.1) is 5.57 Å². The van der Waals surface area contributed by atoms with Crippen molar-refractivity contribution in [3.05, 3.63) is 41.2 Å². The molecule has 1 heterocycles. The minimum Gasteiger partial charge on any atom is -0.368 e. The Hall–Kier alpha value is -3.08. The molecule has 0 fully saturated rings. The van der Waals surface area contributed by atoms with Crippen LogP contribution >= 0.6 is 0 Å². The summed E-state index contributed by atoms with van der Waals surface area (Å²) in [6, 6.07) is 5.24. The first-order valence-corrected chi connectivity index (χ1v) is 6.17. The molecule has 0 spiro atoms. The molecule has 0 aliphatic rings. The van der Waals surface area contributed by atoms with E-state index in [2.05, 4.69) is 15.0 Å². The zero-order chi connectivity index (χ0) is 16.3. The quantitative estimate of drug-likeness (QED) is 0.870. The van der Waals surface area contributed by atoms with Crippen LogP contribution in [0.2, 0.25) is 0 Å². The molecule has 22 heavy (non-hydrogen) atoms. The average Bonchev–Trinajstić information content (AvgIpc) is 2.46. The van der Waals surface area contributed by atoms with Crippen molar-refractivity contribution in [3.63, 3.8) is 0 Å². The molecule has 0 bridgehead atoms. The third kappa shape index (κ3) is 3.15. The molecule has 1 aromatic carbocycles. The van der Waals surface area contributed by atoms with Gasteiger partial charge in [-0.2, -0.15) is 20.2 Å². The summed E-state index contributed by atoms with van der Waals surface area (Å²) in [7, 11) is 3.37. The van der Waals surface area contributed by atoms with Gasteiger partial charge in [0.1, 0.15) is 17.7 Å². The number of nitrogens with zero attached hydrogens (tertiary/aromatic N) is 5. The molecule has 0 unspecified atom stereocenters. The fourth-order valence-corrected chi connectivity index (χ4v) is 1.64. The van der Waals surface area contributed by atoms with E-state index in [1.54, 1.807) is 19.0 Å². The monoisotopic (exact) mass is 302 g/mol. The number of allylic oxidation sites excluding steroid dienone is 1. The Morgan fingerprint density at radius 1 is 1.23 bits per heavy atom. The van der Waals surface area contributed by atoms with Gasteiger partial charge >= 0.3 is 0 Å². The molecule has 0 aliphatic heterocycles. The van der Waals surface area contributed by atoms with Crippen LogP contribution in [-0.4, -0.2) is 29.0 Å². The van der Waals surface area contributed by atoms with Crippen LogP contribution < -0.4 is 10.6 Å². The Labute approximate surface area is 125 Å². The molecule has 8 heteroatoms. The molecule has 0 radical (unpaired) electrons. The highest BCUT2D eigenvalue weighted by Crippen LogP contribution is 2.20. The second kappa shape index (κ2) is 6.13. The van der Waals surface area contributed by atoms with Gasteiger partial charge in [-0.05, 0) is 18.2 Å². The zero-order valence-corrected chi connectivity index (χ0v) is 11.9. The highest BCUT2D eigenvalue weighted by atomic mass is 19.1. The van der Waals surface area contributed by atoms with E-state index in [0.717, 1.165) is 18.2 Å². The first kappa shape index (κ1) is 15.3. The number of nitrogen functional groups attached to an aromatic ring is 1. The van der Waals surface area contributed by atoms with Crippen molar-refractivity contribution in [2.45, 2.75) is 0 Å². The van der Waals surface area contributed by atoms with Gasteiger partial charge < -0.3 is 10.6 Å². The lowest BCUT2D eigenvalue weighted by Crippen LogP contribution is -2.15. The second-order valence-corrected chi connectivity index (χ2v) is 4.52. The zero-order valence-electron chi connectivity index (χ0n) is 11.9. The molecule has 0 amide bonds. The largest absolute Gasteiger partial charge is 0.368 e. The standard InChI is InChI=1S/C14H12F2N6/c1-22(2)14-20-12(19-13(18)21-14)8(7-17)6-9-10(15)4-3-5-11(9)16/h3-6H,1-2H3,(H2,18,19,20,21)/b8-6+. The number of aromatic nitrogens is 3. The summed E-state index contributed by atoms with van der Waals surface area (Å²) in [4.78, 5) is 13.3. The van der Waals surface area contributed by atoms with Crippen LogP contribution in [0.3, 0.4) is 0 Å². The van der Waals surface area contributed by atoms with E-state index in [-0.39, 0.29) is 28.9 Å². The number of benzene rings is 1. The molecule has 1 aromatic heterocycles. The summed E-state index contributed by atoms with van der Waals surface area (Å²) in [6.45, 7) is 0. The number of hydrogen-bond acceptors (Lipinski definition) is 6. The predicted molar refractivity (Wildman–Crippen MR) is 78.4 cm³/mol. The second-order valence-electron chi connectivity index (χ2n) is 4.52. The van der Waals surface area contributed by atoms with Gasteiger partial charge in [-0.15, -0.1) is 0 Å². The summed E-state index contributed by atoms with van der Waals surface area (Å²) in [5, 5.41) is 9.22. The van der Waals surface area contributed by atoms with Crippen molar-refractivity contribution >= 4 is 23.5 Å². The fraction of sp³-hybridized carbons (Fsp3) is 0.143. The van der Waals surface area contributed by atoms with E-state index in [1.165, 1.54) is 6.07 Å². The normalized spacial score (nSPS) is 11.1. The Morgan fingerprint density at radius 3 is 2.41 bits per heavy atom. The fourth-order valence-electron chi connectivity index (χ4n) is 1.64. The summed E-state index contributed by atoms with van der Waals surface area (Å²) in [5.41, 5.74) is 5.10. The molecular formula is C14H12F2N6. The average molecular weight is 302 g/mol. The number of anilines is 2. The van der Waals surface area contributed by atoms with Gasteiger partial charge in [-0.3, -0.25) is 0 Å². The van der Waals surface area contributed by atoms with Crippen molar-refractivity contribution in [2.75, 3.05) is 24.7 Å². The molecule has 112 valence electrons.